The van der Waals surface area contributed by atoms with Crippen LogP contribution < -0.4 is 5.32 Å². The quantitative estimate of drug-likeness (QED) is 0.900. The fraction of sp³-hybridized carbons (Fsp3) is 0.667. The molecule has 0 amide bonds. The van der Waals surface area contributed by atoms with Gasteiger partial charge in [-0.3, -0.25) is 4.90 Å². The van der Waals surface area contributed by atoms with Crippen molar-refractivity contribution >= 4 is 0 Å². The summed E-state index contributed by atoms with van der Waals surface area (Å²) in [6.07, 6.45) is 2.69. The third-order valence-electron chi connectivity index (χ3n) is 4.64. The van der Waals surface area contributed by atoms with Crippen molar-refractivity contribution in [1.82, 2.24) is 10.2 Å². The number of benzene rings is 1. The van der Waals surface area contributed by atoms with Crippen molar-refractivity contribution in [2.45, 2.75) is 58.0 Å². The van der Waals surface area contributed by atoms with Crippen LogP contribution in [-0.2, 0) is 5.41 Å². The van der Waals surface area contributed by atoms with Crippen LogP contribution in [-0.4, -0.2) is 31.1 Å². The van der Waals surface area contributed by atoms with E-state index < -0.39 is 0 Å². The Morgan fingerprint density at radius 2 is 1.90 bits per heavy atom. The molecular formula is C18H30N2. The van der Waals surface area contributed by atoms with Gasteiger partial charge >= 0.3 is 0 Å². The Hall–Kier alpha value is -0.860. The molecule has 1 heterocycles. The zero-order chi connectivity index (χ0) is 14.8. The van der Waals surface area contributed by atoms with Crippen LogP contribution in [0.2, 0.25) is 0 Å². The van der Waals surface area contributed by atoms with E-state index in [4.69, 9.17) is 0 Å². The van der Waals surface area contributed by atoms with Crippen molar-refractivity contribution in [2.24, 2.45) is 0 Å². The molecule has 0 radical (unpaired) electrons. The lowest BCUT2D eigenvalue weighted by Gasteiger charge is -2.27. The Morgan fingerprint density at radius 1 is 1.25 bits per heavy atom. The zero-order valence-corrected chi connectivity index (χ0v) is 13.7. The van der Waals surface area contributed by atoms with Crippen LogP contribution in [0.5, 0.6) is 0 Å². The summed E-state index contributed by atoms with van der Waals surface area (Å²) in [5.41, 5.74) is 3.04. The highest BCUT2D eigenvalue weighted by molar-refractivity contribution is 5.29. The molecule has 1 N–H and O–H groups in total. The van der Waals surface area contributed by atoms with Crippen LogP contribution in [0.15, 0.2) is 24.3 Å². The molecule has 1 saturated heterocycles. The molecule has 112 valence electrons. The predicted molar refractivity (Wildman–Crippen MR) is 87.2 cm³/mol. The number of nitrogens with zero attached hydrogens (tertiary/aromatic N) is 1. The van der Waals surface area contributed by atoms with E-state index in [9.17, 15) is 0 Å². The summed E-state index contributed by atoms with van der Waals surface area (Å²) in [6.45, 7) is 11.5. The van der Waals surface area contributed by atoms with Gasteiger partial charge in [-0.25, -0.2) is 0 Å². The second kappa shape index (κ2) is 6.28. The lowest BCUT2D eigenvalue weighted by Crippen LogP contribution is -2.35. The maximum Gasteiger partial charge on any atom is 0.0446 e. The second-order valence-corrected chi connectivity index (χ2v) is 7.20. The molecule has 2 nitrogen and oxygen atoms in total. The molecule has 2 rings (SSSR count). The van der Waals surface area contributed by atoms with Crippen molar-refractivity contribution in [2.75, 3.05) is 20.1 Å². The van der Waals surface area contributed by atoms with Crippen LogP contribution in [0.1, 0.15) is 57.7 Å². The molecule has 1 aromatic rings. The maximum atomic E-state index is 3.48. The molecule has 20 heavy (non-hydrogen) atoms. The molecule has 1 aliphatic rings. The highest BCUT2D eigenvalue weighted by Gasteiger charge is 2.23. The number of rotatable bonds is 4. The van der Waals surface area contributed by atoms with Crippen molar-refractivity contribution < 1.29 is 0 Å². The molecule has 1 fully saturated rings. The van der Waals surface area contributed by atoms with Crippen molar-refractivity contribution in [3.63, 3.8) is 0 Å². The average molecular weight is 274 g/mol. The normalized spacial score (nSPS) is 22.1. The molecule has 1 aromatic carbocycles. The summed E-state index contributed by atoms with van der Waals surface area (Å²) in [6, 6.07) is 10.3. The van der Waals surface area contributed by atoms with Crippen molar-refractivity contribution in [1.29, 1.82) is 0 Å². The van der Waals surface area contributed by atoms with Gasteiger partial charge in [-0.1, -0.05) is 45.0 Å². The fourth-order valence-corrected chi connectivity index (χ4v) is 3.08. The smallest absolute Gasteiger partial charge is 0.0446 e. The second-order valence-electron chi connectivity index (χ2n) is 7.20. The topological polar surface area (TPSA) is 15.3 Å². The largest absolute Gasteiger partial charge is 0.312 e. The number of likely N-dealkylation sites (N-methyl/N-ethyl adjacent to an activating group) is 1. The first-order valence-corrected chi connectivity index (χ1v) is 7.93. The Bertz CT molecular complexity index is 416. The predicted octanol–water partition coefficient (Wildman–Crippen LogP) is 3.73. The molecule has 0 aromatic heterocycles. The van der Waals surface area contributed by atoms with Crippen molar-refractivity contribution in [3.05, 3.63) is 35.4 Å². The van der Waals surface area contributed by atoms with E-state index in [1.54, 1.807) is 0 Å². The summed E-state index contributed by atoms with van der Waals surface area (Å²) in [4.78, 5) is 2.61. The van der Waals surface area contributed by atoms with Gasteiger partial charge in [0.2, 0.25) is 0 Å². The van der Waals surface area contributed by atoms with E-state index in [0.29, 0.717) is 6.04 Å². The summed E-state index contributed by atoms with van der Waals surface area (Å²) in [7, 11) is 2.07. The number of hydrogen-bond acceptors (Lipinski definition) is 2. The van der Waals surface area contributed by atoms with Crippen molar-refractivity contribution in [3.8, 4) is 0 Å². The van der Waals surface area contributed by atoms with Gasteiger partial charge in [0.1, 0.15) is 0 Å². The van der Waals surface area contributed by atoms with Gasteiger partial charge in [-0.15, -0.1) is 0 Å². The van der Waals surface area contributed by atoms with Crippen LogP contribution in [0.25, 0.3) is 0 Å². The van der Waals surface area contributed by atoms with Gasteiger partial charge in [-0.2, -0.15) is 0 Å². The van der Waals surface area contributed by atoms with Gasteiger partial charge in [0.15, 0.2) is 0 Å². The van der Waals surface area contributed by atoms with E-state index >= 15 is 0 Å². The van der Waals surface area contributed by atoms with Crippen LogP contribution in [0.3, 0.4) is 0 Å². The number of hydrogen-bond donors (Lipinski definition) is 1. The first kappa shape index (κ1) is 15.5. The molecule has 0 saturated carbocycles. The molecule has 1 aliphatic heterocycles. The first-order valence-electron chi connectivity index (χ1n) is 7.93. The monoisotopic (exact) mass is 274 g/mol. The van der Waals surface area contributed by atoms with E-state index in [1.807, 2.05) is 0 Å². The zero-order valence-electron chi connectivity index (χ0n) is 13.7. The van der Waals surface area contributed by atoms with Gasteiger partial charge in [0, 0.05) is 18.6 Å². The van der Waals surface area contributed by atoms with Crippen LogP contribution in [0, 0.1) is 0 Å². The van der Waals surface area contributed by atoms with E-state index in [-0.39, 0.29) is 5.41 Å². The third kappa shape index (κ3) is 3.62. The van der Waals surface area contributed by atoms with E-state index in [1.165, 1.54) is 30.5 Å². The van der Waals surface area contributed by atoms with Gasteiger partial charge < -0.3 is 5.32 Å². The summed E-state index contributed by atoms with van der Waals surface area (Å²) in [5.74, 6) is 0. The third-order valence-corrected chi connectivity index (χ3v) is 4.64. The van der Waals surface area contributed by atoms with E-state index in [0.717, 1.165) is 12.6 Å². The highest BCUT2D eigenvalue weighted by Crippen LogP contribution is 2.25. The molecular weight excluding hydrogens is 244 g/mol. The minimum atomic E-state index is 0.233. The average Bonchev–Trinajstić information content (AvgIpc) is 2.80. The van der Waals surface area contributed by atoms with Crippen LogP contribution in [0.4, 0.5) is 0 Å². The first-order chi connectivity index (χ1) is 9.41. The van der Waals surface area contributed by atoms with Gasteiger partial charge in [-0.05, 0) is 49.9 Å². The van der Waals surface area contributed by atoms with Gasteiger partial charge in [0.05, 0.1) is 0 Å². The summed E-state index contributed by atoms with van der Waals surface area (Å²) < 4.78 is 0. The maximum absolute atomic E-state index is 3.48. The Labute approximate surface area is 124 Å². The lowest BCUT2D eigenvalue weighted by atomic mass is 9.86. The molecule has 2 unspecified atom stereocenters. The lowest BCUT2D eigenvalue weighted by molar-refractivity contribution is 0.241. The fourth-order valence-electron chi connectivity index (χ4n) is 3.08. The standard InChI is InChI=1S/C18H30N2/c1-14-7-6-12-20(14)13-17(19-5)15-8-10-16(11-9-15)18(2,3)4/h8-11,14,17,19H,6-7,12-13H2,1-5H3. The Balaban J connectivity index is 2.07. The SMILES string of the molecule is CNC(CN1CCCC1C)c1ccc(C(C)(C)C)cc1. The van der Waals surface area contributed by atoms with Gasteiger partial charge in [0.25, 0.3) is 0 Å². The minimum Gasteiger partial charge on any atom is -0.312 e. The molecule has 0 bridgehead atoms. The Morgan fingerprint density at radius 3 is 2.35 bits per heavy atom. The number of likely N-dealkylation sites (tertiary alicyclic amines) is 1. The molecule has 0 spiro atoms. The molecule has 0 aliphatic carbocycles. The Kier molecular flexibility index (Phi) is 4.87. The summed E-state index contributed by atoms with van der Waals surface area (Å²) in [5, 5.41) is 3.48. The number of nitrogens with one attached hydrogen (secondary N) is 1. The molecule has 2 atom stereocenters. The minimum absolute atomic E-state index is 0.233. The van der Waals surface area contributed by atoms with Crippen LogP contribution >= 0.6 is 0 Å². The van der Waals surface area contributed by atoms with E-state index in [2.05, 4.69) is 69.2 Å². The highest BCUT2D eigenvalue weighted by atomic mass is 15.2. The summed E-state index contributed by atoms with van der Waals surface area (Å²) >= 11 is 0. The molecule has 2 heteroatoms.